The molecule has 4 N–H and O–H groups in total. The number of nitrogens with zero attached hydrogens (tertiary/aromatic N) is 1. The van der Waals surface area contributed by atoms with Crippen LogP contribution in [0.5, 0.6) is 0 Å². The Morgan fingerprint density at radius 2 is 1.56 bits per heavy atom. The van der Waals surface area contributed by atoms with Gasteiger partial charge in [-0.15, -0.1) is 11.8 Å². The number of aliphatic hydroxyl groups excluding tert-OH is 1. The smallest absolute Gasteiger partial charge is 0.254 e. The Morgan fingerprint density at radius 3 is 2.27 bits per heavy atom. The van der Waals surface area contributed by atoms with E-state index in [1.54, 1.807) is 66.7 Å². The van der Waals surface area contributed by atoms with Gasteiger partial charge in [-0.25, -0.2) is 8.42 Å². The normalized spacial score (nSPS) is 17.2. The van der Waals surface area contributed by atoms with Gasteiger partial charge in [0.2, 0.25) is 17.7 Å². The summed E-state index contributed by atoms with van der Waals surface area (Å²) < 4.78 is 26.9. The topological polar surface area (TPSA) is 162 Å². The van der Waals surface area contributed by atoms with Crippen molar-refractivity contribution >= 4 is 56.0 Å². The molecule has 0 aliphatic carbocycles. The average molecular weight is 745 g/mol. The largest absolute Gasteiger partial charge is 0.381 e. The predicted octanol–water partition coefficient (Wildman–Crippen LogP) is 3.51. The number of rotatable bonds is 13. The number of carbonyl (C=O) groups excluding carboxylic acids is 4. The van der Waals surface area contributed by atoms with Crippen LogP contribution in [0.25, 0.3) is 10.8 Å². The zero-order chi connectivity index (χ0) is 37.6. The molecule has 1 heterocycles. The second-order valence-electron chi connectivity index (χ2n) is 13.5. The molecule has 0 saturated carbocycles. The molecule has 5 rings (SSSR count). The van der Waals surface area contributed by atoms with E-state index in [4.69, 9.17) is 0 Å². The van der Waals surface area contributed by atoms with Gasteiger partial charge in [0.1, 0.15) is 12.1 Å². The summed E-state index contributed by atoms with van der Waals surface area (Å²) in [4.78, 5) is 55.3. The van der Waals surface area contributed by atoms with Crippen LogP contribution in [0.4, 0.5) is 0 Å². The Balaban J connectivity index is 1.39. The van der Waals surface area contributed by atoms with Crippen LogP contribution in [-0.2, 0) is 42.0 Å². The number of sulfone groups is 1. The number of hydrogen-bond donors (Lipinski definition) is 4. The summed E-state index contributed by atoms with van der Waals surface area (Å²) in [6, 6.07) is 24.6. The van der Waals surface area contributed by atoms with Gasteiger partial charge in [0.25, 0.3) is 5.91 Å². The highest BCUT2D eigenvalue weighted by Crippen LogP contribution is 2.40. The third-order valence-corrected chi connectivity index (χ3v) is 12.4. The quantitative estimate of drug-likeness (QED) is 0.162. The van der Waals surface area contributed by atoms with Gasteiger partial charge in [-0.2, -0.15) is 0 Å². The number of nitrogens with one attached hydrogen (secondary N) is 3. The molecule has 4 aromatic carbocycles. The van der Waals surface area contributed by atoms with Gasteiger partial charge in [0, 0.05) is 23.6 Å². The van der Waals surface area contributed by atoms with Crippen molar-refractivity contribution in [2.45, 2.75) is 74.5 Å². The Labute approximate surface area is 308 Å². The first-order valence-electron chi connectivity index (χ1n) is 16.9. The molecule has 0 bridgehead atoms. The van der Waals surface area contributed by atoms with Crippen molar-refractivity contribution in [2.24, 2.45) is 0 Å². The molecule has 1 saturated heterocycles. The Bertz CT molecular complexity index is 2050. The number of fused-ring (bicyclic) bond motifs is 1. The Kier molecular flexibility index (Phi) is 12.1. The van der Waals surface area contributed by atoms with Crippen LogP contribution < -0.4 is 16.0 Å². The average Bonchev–Trinajstić information content (AvgIpc) is 3.44. The van der Waals surface area contributed by atoms with Crippen LogP contribution >= 0.6 is 11.8 Å². The van der Waals surface area contributed by atoms with Crippen molar-refractivity contribution in [3.63, 3.8) is 0 Å². The van der Waals surface area contributed by atoms with E-state index in [0.29, 0.717) is 16.3 Å². The molecular formula is C39H44N4O7S2. The third-order valence-electron chi connectivity index (χ3n) is 9.22. The van der Waals surface area contributed by atoms with Crippen LogP contribution in [0.1, 0.15) is 37.5 Å². The predicted molar refractivity (Wildman–Crippen MR) is 202 cm³/mol. The maximum Gasteiger partial charge on any atom is 0.254 e. The highest BCUT2D eigenvalue weighted by Gasteiger charge is 2.50. The Morgan fingerprint density at radius 1 is 0.904 bits per heavy atom. The van der Waals surface area contributed by atoms with Gasteiger partial charge < -0.3 is 26.0 Å². The molecule has 1 aliphatic rings. The monoisotopic (exact) mass is 744 g/mol. The van der Waals surface area contributed by atoms with Crippen LogP contribution in [0.2, 0.25) is 0 Å². The maximum atomic E-state index is 14.1. The summed E-state index contributed by atoms with van der Waals surface area (Å²) in [7, 11) is -4.14. The van der Waals surface area contributed by atoms with Crippen molar-refractivity contribution in [3.05, 3.63) is 114 Å². The van der Waals surface area contributed by atoms with Gasteiger partial charge in [-0.05, 0) is 55.3 Å². The highest BCUT2D eigenvalue weighted by atomic mass is 32.2. The lowest BCUT2D eigenvalue weighted by molar-refractivity contribution is -0.148. The molecule has 52 heavy (non-hydrogen) atoms. The van der Waals surface area contributed by atoms with Gasteiger partial charge in [-0.3, -0.25) is 19.2 Å². The van der Waals surface area contributed by atoms with E-state index >= 15 is 0 Å². The first-order chi connectivity index (χ1) is 24.7. The van der Waals surface area contributed by atoms with Crippen LogP contribution in [-0.4, -0.2) is 82.7 Å². The summed E-state index contributed by atoms with van der Waals surface area (Å²) in [5.74, 6) is -3.33. The van der Waals surface area contributed by atoms with Crippen LogP contribution in [0.15, 0.2) is 102 Å². The number of carbonyl (C=O) groups is 4. The molecule has 0 unspecified atom stereocenters. The van der Waals surface area contributed by atoms with E-state index < -0.39 is 62.3 Å². The molecular weight excluding hydrogens is 701 g/mol. The molecule has 1 aliphatic heterocycles. The summed E-state index contributed by atoms with van der Waals surface area (Å²) in [6.45, 7) is 7.08. The summed E-state index contributed by atoms with van der Waals surface area (Å²) in [6.07, 6.45) is -1.82. The molecule has 274 valence electrons. The van der Waals surface area contributed by atoms with Crippen LogP contribution in [0, 0.1) is 6.92 Å². The molecule has 4 aromatic rings. The molecule has 0 radical (unpaired) electrons. The zero-order valence-corrected chi connectivity index (χ0v) is 31.2. The van der Waals surface area contributed by atoms with Crippen molar-refractivity contribution in [2.75, 3.05) is 11.6 Å². The standard InChI is InChI=1S/C39H44N4O7S2/c1-25-13-8-9-17-29(25)22-40-37(47)35-39(3,4)51-24-43(35)38(48)34(45)31(21-27-14-6-5-7-15-27)42-36(46)32(41-26(2)44)23-52(49,50)33-20-12-18-28-16-10-11-19-30(28)33/h5-20,31-32,34-35,45H,21-24H2,1-4H3,(H,40,47)(H,41,44)(H,42,46)/t31-,32+,34-,35+/m0/s1. The lowest BCUT2D eigenvalue weighted by Crippen LogP contribution is -2.60. The van der Waals surface area contributed by atoms with E-state index in [1.165, 1.54) is 29.7 Å². The van der Waals surface area contributed by atoms with E-state index in [2.05, 4.69) is 16.0 Å². The lowest BCUT2D eigenvalue weighted by Gasteiger charge is -2.33. The molecule has 11 nitrogen and oxygen atoms in total. The minimum absolute atomic E-state index is 0.00310. The van der Waals surface area contributed by atoms with E-state index in [9.17, 15) is 32.7 Å². The number of hydrogen-bond acceptors (Lipinski definition) is 8. The fraction of sp³-hybridized carbons (Fsp3) is 0.333. The number of thioether (sulfide) groups is 1. The van der Waals surface area contributed by atoms with E-state index in [-0.39, 0.29) is 29.6 Å². The molecule has 1 fully saturated rings. The molecule has 13 heteroatoms. The maximum absolute atomic E-state index is 14.1. The first-order valence-corrected chi connectivity index (χ1v) is 19.6. The number of benzene rings is 4. The van der Waals surface area contributed by atoms with Gasteiger partial charge in [0.15, 0.2) is 15.9 Å². The van der Waals surface area contributed by atoms with Gasteiger partial charge >= 0.3 is 0 Å². The molecule has 4 amide bonds. The third kappa shape index (κ3) is 9.01. The highest BCUT2D eigenvalue weighted by molar-refractivity contribution is 8.00. The summed E-state index contributed by atoms with van der Waals surface area (Å²) in [5.41, 5.74) is 2.62. The SMILES string of the molecule is CC(=O)N[C@H](CS(=O)(=O)c1cccc2ccccc12)C(=O)N[C@@H](Cc1ccccc1)[C@H](O)C(=O)N1CSC(C)(C)[C@H]1C(=O)NCc1ccccc1C. The van der Waals surface area contributed by atoms with Crippen molar-refractivity contribution in [1.82, 2.24) is 20.9 Å². The molecule has 0 spiro atoms. The van der Waals surface area contributed by atoms with E-state index in [0.717, 1.165) is 11.1 Å². The fourth-order valence-corrected chi connectivity index (χ4v) is 9.24. The molecule has 4 atom stereocenters. The Hall–Kier alpha value is -4.72. The molecule has 0 aromatic heterocycles. The number of amides is 4. The minimum Gasteiger partial charge on any atom is -0.381 e. The lowest BCUT2D eigenvalue weighted by atomic mass is 9.97. The zero-order valence-electron chi connectivity index (χ0n) is 29.5. The minimum atomic E-state index is -4.14. The number of aryl methyl sites for hydroxylation is 1. The van der Waals surface area contributed by atoms with Crippen molar-refractivity contribution < 1.29 is 32.7 Å². The number of aliphatic hydroxyl groups is 1. The van der Waals surface area contributed by atoms with Crippen molar-refractivity contribution in [1.29, 1.82) is 0 Å². The van der Waals surface area contributed by atoms with Gasteiger partial charge in [0.05, 0.1) is 22.6 Å². The van der Waals surface area contributed by atoms with Crippen molar-refractivity contribution in [3.8, 4) is 0 Å². The summed E-state index contributed by atoms with van der Waals surface area (Å²) in [5, 5.41) is 20.9. The van der Waals surface area contributed by atoms with E-state index in [1.807, 2.05) is 45.0 Å². The first kappa shape index (κ1) is 38.5. The van der Waals surface area contributed by atoms with Gasteiger partial charge in [-0.1, -0.05) is 91.0 Å². The van der Waals surface area contributed by atoms with Crippen LogP contribution in [0.3, 0.4) is 0 Å². The summed E-state index contributed by atoms with van der Waals surface area (Å²) >= 11 is 1.39. The second kappa shape index (κ2) is 16.3. The fourth-order valence-electron chi connectivity index (χ4n) is 6.44. The second-order valence-corrected chi connectivity index (χ2v) is 17.1.